The lowest BCUT2D eigenvalue weighted by molar-refractivity contribution is -0.143. The molecule has 1 aliphatic heterocycles. The van der Waals surface area contributed by atoms with Crippen molar-refractivity contribution >= 4 is 29.6 Å². The standard InChI is InChI=1S/C28H32N4O5/c1-17-6-4-5-7-21(17)15-31(18(2)19-8-9-19)24(33)16-32-25(34)28(37-27(32)36)13-12-20-14-22(10-11-23(20)28)30-26(35)29-3/h4-7,10-11,14,18-19H,8-9,12-13,15-16H2,1-3H3,(H2,29,30,35). The zero-order chi connectivity index (χ0) is 26.3. The van der Waals surface area contributed by atoms with E-state index in [0.29, 0.717) is 36.6 Å². The van der Waals surface area contributed by atoms with E-state index in [4.69, 9.17) is 4.74 Å². The van der Waals surface area contributed by atoms with Crippen molar-refractivity contribution in [3.63, 3.8) is 0 Å². The Labute approximate surface area is 216 Å². The Bertz CT molecular complexity index is 1270. The Hall–Kier alpha value is -3.88. The van der Waals surface area contributed by atoms with Crippen molar-refractivity contribution in [2.75, 3.05) is 18.9 Å². The summed E-state index contributed by atoms with van der Waals surface area (Å²) in [5.41, 5.74) is 2.71. The number of urea groups is 1. The molecule has 2 N–H and O–H groups in total. The number of amides is 5. The van der Waals surface area contributed by atoms with Crippen molar-refractivity contribution in [2.24, 2.45) is 5.92 Å². The highest BCUT2D eigenvalue weighted by molar-refractivity contribution is 6.06. The van der Waals surface area contributed by atoms with E-state index in [2.05, 4.69) is 10.6 Å². The van der Waals surface area contributed by atoms with Crippen LogP contribution in [0.1, 0.15) is 48.4 Å². The minimum Gasteiger partial charge on any atom is -0.427 e. The molecule has 5 rings (SSSR count). The monoisotopic (exact) mass is 504 g/mol. The predicted octanol–water partition coefficient (Wildman–Crippen LogP) is 3.69. The van der Waals surface area contributed by atoms with Crippen molar-refractivity contribution in [1.29, 1.82) is 0 Å². The summed E-state index contributed by atoms with van der Waals surface area (Å²) in [5, 5.41) is 5.21. The van der Waals surface area contributed by atoms with Gasteiger partial charge in [-0.3, -0.25) is 9.59 Å². The van der Waals surface area contributed by atoms with Crippen molar-refractivity contribution in [3.05, 3.63) is 64.7 Å². The number of ether oxygens (including phenoxy) is 1. The molecule has 1 heterocycles. The second kappa shape index (κ2) is 9.53. The molecule has 2 atom stereocenters. The molecule has 1 saturated heterocycles. The Kier molecular flexibility index (Phi) is 6.39. The average Bonchev–Trinajstić information content (AvgIpc) is 3.64. The number of nitrogens with zero attached hydrogens (tertiary/aromatic N) is 2. The predicted molar refractivity (Wildman–Crippen MR) is 137 cm³/mol. The Morgan fingerprint density at radius 3 is 2.65 bits per heavy atom. The van der Waals surface area contributed by atoms with Crippen LogP contribution in [-0.2, 0) is 32.9 Å². The second-order valence-electron chi connectivity index (χ2n) is 10.2. The van der Waals surface area contributed by atoms with Crippen LogP contribution in [0.3, 0.4) is 0 Å². The van der Waals surface area contributed by atoms with Gasteiger partial charge in [0.1, 0.15) is 6.54 Å². The maximum Gasteiger partial charge on any atom is 0.418 e. The van der Waals surface area contributed by atoms with Gasteiger partial charge >= 0.3 is 12.1 Å². The molecule has 2 aromatic rings. The number of hydrogen-bond acceptors (Lipinski definition) is 5. The van der Waals surface area contributed by atoms with Gasteiger partial charge in [-0.2, -0.15) is 0 Å². The third kappa shape index (κ3) is 4.54. The average molecular weight is 505 g/mol. The van der Waals surface area contributed by atoms with Crippen molar-refractivity contribution < 1.29 is 23.9 Å². The fraction of sp³-hybridized carbons (Fsp3) is 0.429. The molecule has 0 bridgehead atoms. The zero-order valence-electron chi connectivity index (χ0n) is 21.4. The minimum atomic E-state index is -1.43. The number of nitrogens with one attached hydrogen (secondary N) is 2. The number of carbonyl (C=O) groups excluding carboxylic acids is 4. The Morgan fingerprint density at radius 1 is 1.19 bits per heavy atom. The molecule has 3 aliphatic rings. The lowest BCUT2D eigenvalue weighted by atomic mass is 9.94. The summed E-state index contributed by atoms with van der Waals surface area (Å²) in [6.45, 7) is 4.12. The molecule has 1 spiro atoms. The van der Waals surface area contributed by atoms with Crippen LogP contribution in [0.15, 0.2) is 42.5 Å². The van der Waals surface area contributed by atoms with E-state index in [1.807, 2.05) is 38.1 Å². The summed E-state index contributed by atoms with van der Waals surface area (Å²) >= 11 is 0. The molecule has 2 fully saturated rings. The molecular formula is C28H32N4O5. The molecular weight excluding hydrogens is 472 g/mol. The second-order valence-corrected chi connectivity index (χ2v) is 10.2. The Balaban J connectivity index is 1.36. The largest absolute Gasteiger partial charge is 0.427 e. The maximum atomic E-state index is 13.6. The van der Waals surface area contributed by atoms with Crippen LogP contribution in [-0.4, -0.2) is 53.4 Å². The number of benzene rings is 2. The number of aryl methyl sites for hydroxylation is 2. The highest BCUT2D eigenvalue weighted by Crippen LogP contribution is 2.46. The first-order valence-corrected chi connectivity index (χ1v) is 12.7. The molecule has 0 radical (unpaired) electrons. The van der Waals surface area contributed by atoms with Crippen LogP contribution in [0.2, 0.25) is 0 Å². The number of anilines is 1. The van der Waals surface area contributed by atoms with Gasteiger partial charge in [0, 0.05) is 37.3 Å². The first-order valence-electron chi connectivity index (χ1n) is 12.7. The molecule has 5 amide bonds. The molecule has 2 aromatic carbocycles. The van der Waals surface area contributed by atoms with Gasteiger partial charge in [-0.25, -0.2) is 14.5 Å². The SMILES string of the molecule is CNC(=O)Nc1ccc2c(c1)CCC21OC(=O)N(CC(=O)N(Cc2ccccc2C)C(C)C2CC2)C1=O. The summed E-state index contributed by atoms with van der Waals surface area (Å²) in [4.78, 5) is 54.6. The van der Waals surface area contributed by atoms with E-state index in [-0.39, 0.29) is 24.5 Å². The summed E-state index contributed by atoms with van der Waals surface area (Å²) in [6, 6.07) is 12.8. The summed E-state index contributed by atoms with van der Waals surface area (Å²) < 4.78 is 5.71. The molecule has 2 aliphatic carbocycles. The van der Waals surface area contributed by atoms with Gasteiger partial charge in [-0.05, 0) is 67.9 Å². The van der Waals surface area contributed by atoms with Crippen LogP contribution in [0.25, 0.3) is 0 Å². The fourth-order valence-electron chi connectivity index (χ4n) is 5.41. The molecule has 0 aromatic heterocycles. The smallest absolute Gasteiger partial charge is 0.418 e. The van der Waals surface area contributed by atoms with Crippen molar-refractivity contribution in [1.82, 2.24) is 15.1 Å². The quantitative estimate of drug-likeness (QED) is 0.598. The van der Waals surface area contributed by atoms with E-state index in [0.717, 1.165) is 34.4 Å². The lowest BCUT2D eigenvalue weighted by Gasteiger charge is -2.31. The van der Waals surface area contributed by atoms with E-state index in [1.165, 1.54) is 7.05 Å². The van der Waals surface area contributed by atoms with Crippen molar-refractivity contribution in [2.45, 2.75) is 57.7 Å². The first-order chi connectivity index (χ1) is 17.7. The normalized spacial score (nSPS) is 21.0. The number of imide groups is 1. The third-order valence-electron chi connectivity index (χ3n) is 7.86. The third-order valence-corrected chi connectivity index (χ3v) is 7.86. The van der Waals surface area contributed by atoms with E-state index >= 15 is 0 Å². The van der Waals surface area contributed by atoms with Gasteiger partial charge in [0.15, 0.2) is 0 Å². The Morgan fingerprint density at radius 2 is 1.95 bits per heavy atom. The van der Waals surface area contributed by atoms with Crippen molar-refractivity contribution in [3.8, 4) is 0 Å². The van der Waals surface area contributed by atoms with Gasteiger partial charge in [0.2, 0.25) is 11.5 Å². The van der Waals surface area contributed by atoms with Crippen LogP contribution >= 0.6 is 0 Å². The van der Waals surface area contributed by atoms with Crippen LogP contribution in [0.5, 0.6) is 0 Å². The van der Waals surface area contributed by atoms with Gasteiger partial charge in [-0.15, -0.1) is 0 Å². The molecule has 37 heavy (non-hydrogen) atoms. The number of carbonyl (C=O) groups is 4. The molecule has 2 unspecified atom stereocenters. The van der Waals surface area contributed by atoms with E-state index in [1.54, 1.807) is 23.1 Å². The topological polar surface area (TPSA) is 108 Å². The lowest BCUT2D eigenvalue weighted by Crippen LogP contribution is -2.47. The molecule has 9 heteroatoms. The van der Waals surface area contributed by atoms with Gasteiger partial charge in [-0.1, -0.05) is 30.3 Å². The minimum absolute atomic E-state index is 0.00763. The van der Waals surface area contributed by atoms with Gasteiger partial charge < -0.3 is 20.3 Å². The van der Waals surface area contributed by atoms with E-state index < -0.39 is 17.6 Å². The summed E-state index contributed by atoms with van der Waals surface area (Å²) in [6.07, 6.45) is 2.15. The number of hydrogen-bond donors (Lipinski definition) is 2. The maximum absolute atomic E-state index is 13.6. The summed E-state index contributed by atoms with van der Waals surface area (Å²) in [5.74, 6) is -0.347. The fourth-order valence-corrected chi connectivity index (χ4v) is 5.41. The number of fused-ring (bicyclic) bond motifs is 2. The molecule has 194 valence electrons. The number of rotatable bonds is 7. The van der Waals surface area contributed by atoms with Crippen LogP contribution in [0, 0.1) is 12.8 Å². The zero-order valence-corrected chi connectivity index (χ0v) is 21.4. The van der Waals surface area contributed by atoms with E-state index in [9.17, 15) is 19.2 Å². The molecule has 1 saturated carbocycles. The van der Waals surface area contributed by atoms with Gasteiger partial charge in [0.25, 0.3) is 5.91 Å². The first kappa shape index (κ1) is 24.8. The van der Waals surface area contributed by atoms with Crippen LogP contribution in [0.4, 0.5) is 15.3 Å². The highest BCUT2D eigenvalue weighted by Gasteiger charge is 2.58. The van der Waals surface area contributed by atoms with Gasteiger partial charge in [0.05, 0.1) is 0 Å². The highest BCUT2D eigenvalue weighted by atomic mass is 16.6. The summed E-state index contributed by atoms with van der Waals surface area (Å²) in [7, 11) is 1.53. The van der Waals surface area contributed by atoms with Crippen LogP contribution < -0.4 is 10.6 Å². The molecule has 9 nitrogen and oxygen atoms in total.